The number of carboxylic acid groups (broad SMARTS) is 4. The molecule has 0 unspecified atom stereocenters. The molecule has 0 amide bonds. The van der Waals surface area contributed by atoms with Crippen LogP contribution in [0.3, 0.4) is 0 Å². The van der Waals surface area contributed by atoms with Gasteiger partial charge in [0.15, 0.2) is 0 Å². The van der Waals surface area contributed by atoms with Crippen LogP contribution in [-0.4, -0.2) is 44.3 Å². The highest BCUT2D eigenvalue weighted by Crippen LogP contribution is 2.39. The summed E-state index contributed by atoms with van der Waals surface area (Å²) in [6.45, 7) is 0. The van der Waals surface area contributed by atoms with Crippen LogP contribution in [0.2, 0.25) is 0 Å². The van der Waals surface area contributed by atoms with Crippen LogP contribution >= 0.6 is 0 Å². The van der Waals surface area contributed by atoms with E-state index in [0.717, 1.165) is 12.1 Å². The zero-order valence-corrected chi connectivity index (χ0v) is 15.2. The first kappa shape index (κ1) is 20.3. The van der Waals surface area contributed by atoms with Gasteiger partial charge in [-0.2, -0.15) is 0 Å². The molecule has 8 nitrogen and oxygen atoms in total. The van der Waals surface area contributed by atoms with Gasteiger partial charge in [-0.25, -0.2) is 19.2 Å². The SMILES string of the molecule is O=C(O)c1cccc(-c2c(-c3ccccc3)ccc(C(=O)O)c2C(=O)O)c1C(=O)O. The van der Waals surface area contributed by atoms with Gasteiger partial charge in [-0.3, -0.25) is 0 Å². The number of carbonyl (C=O) groups is 4. The Morgan fingerprint density at radius 3 is 1.60 bits per heavy atom. The van der Waals surface area contributed by atoms with Crippen molar-refractivity contribution >= 4 is 23.9 Å². The smallest absolute Gasteiger partial charge is 0.337 e. The Labute approximate surface area is 169 Å². The van der Waals surface area contributed by atoms with Crippen LogP contribution < -0.4 is 0 Å². The number of carboxylic acids is 4. The van der Waals surface area contributed by atoms with Crippen molar-refractivity contribution in [2.45, 2.75) is 0 Å². The Morgan fingerprint density at radius 1 is 0.500 bits per heavy atom. The van der Waals surface area contributed by atoms with E-state index in [9.17, 15) is 39.6 Å². The lowest BCUT2D eigenvalue weighted by molar-refractivity contribution is 0.0650. The second-order valence-electron chi connectivity index (χ2n) is 6.23. The molecule has 0 aliphatic carbocycles. The Kier molecular flexibility index (Phi) is 5.33. The molecule has 0 aliphatic rings. The molecule has 0 radical (unpaired) electrons. The van der Waals surface area contributed by atoms with Gasteiger partial charge < -0.3 is 20.4 Å². The summed E-state index contributed by atoms with van der Waals surface area (Å²) in [6.07, 6.45) is 0. The molecular formula is C22H14O8. The van der Waals surface area contributed by atoms with Crippen molar-refractivity contribution in [1.29, 1.82) is 0 Å². The maximum absolute atomic E-state index is 12.1. The molecule has 3 aromatic rings. The lowest BCUT2D eigenvalue weighted by Crippen LogP contribution is -2.14. The third kappa shape index (κ3) is 3.49. The van der Waals surface area contributed by atoms with E-state index in [4.69, 9.17) is 0 Å². The van der Waals surface area contributed by atoms with Gasteiger partial charge in [0.1, 0.15) is 0 Å². The standard InChI is InChI=1S/C22H14O8/c23-19(24)14-8-4-7-13(17(14)21(27)28)16-12(11-5-2-1-3-6-11)9-10-15(20(25)26)18(16)22(29)30/h1-10H,(H,23,24)(H,25,26)(H,27,28)(H,29,30). The molecule has 0 bridgehead atoms. The predicted octanol–water partition coefficient (Wildman–Crippen LogP) is 3.81. The number of hydrogen-bond acceptors (Lipinski definition) is 4. The lowest BCUT2D eigenvalue weighted by Gasteiger charge is -2.18. The highest BCUT2D eigenvalue weighted by molar-refractivity contribution is 6.14. The van der Waals surface area contributed by atoms with Crippen molar-refractivity contribution in [3.05, 3.63) is 82.9 Å². The van der Waals surface area contributed by atoms with Gasteiger partial charge in [0.2, 0.25) is 0 Å². The predicted molar refractivity (Wildman–Crippen MR) is 105 cm³/mol. The number of hydrogen-bond donors (Lipinski definition) is 4. The quantitative estimate of drug-likeness (QED) is 0.483. The van der Waals surface area contributed by atoms with E-state index >= 15 is 0 Å². The molecule has 0 saturated heterocycles. The summed E-state index contributed by atoms with van der Waals surface area (Å²) in [7, 11) is 0. The maximum atomic E-state index is 12.1. The molecule has 30 heavy (non-hydrogen) atoms. The largest absolute Gasteiger partial charge is 0.478 e. The molecule has 0 spiro atoms. The van der Waals surface area contributed by atoms with E-state index in [1.54, 1.807) is 30.3 Å². The first-order valence-corrected chi connectivity index (χ1v) is 8.53. The summed E-state index contributed by atoms with van der Waals surface area (Å²) >= 11 is 0. The molecule has 0 atom stereocenters. The lowest BCUT2D eigenvalue weighted by atomic mass is 9.84. The van der Waals surface area contributed by atoms with Crippen molar-refractivity contribution in [3.8, 4) is 22.3 Å². The normalized spacial score (nSPS) is 10.4. The van der Waals surface area contributed by atoms with Crippen molar-refractivity contribution in [1.82, 2.24) is 0 Å². The molecule has 0 saturated carbocycles. The van der Waals surface area contributed by atoms with Gasteiger partial charge in [-0.05, 0) is 28.8 Å². The minimum atomic E-state index is -1.59. The molecular weight excluding hydrogens is 392 g/mol. The van der Waals surface area contributed by atoms with Gasteiger partial charge >= 0.3 is 23.9 Å². The molecule has 3 aromatic carbocycles. The highest BCUT2D eigenvalue weighted by atomic mass is 16.4. The molecule has 0 aliphatic heterocycles. The van der Waals surface area contributed by atoms with E-state index < -0.39 is 46.1 Å². The van der Waals surface area contributed by atoms with Crippen LogP contribution in [0.1, 0.15) is 41.4 Å². The summed E-state index contributed by atoms with van der Waals surface area (Å²) in [5, 5.41) is 38.4. The Morgan fingerprint density at radius 2 is 1.07 bits per heavy atom. The van der Waals surface area contributed by atoms with Crippen LogP contribution in [0, 0.1) is 0 Å². The van der Waals surface area contributed by atoms with Crippen molar-refractivity contribution < 1.29 is 39.6 Å². The topological polar surface area (TPSA) is 149 Å². The summed E-state index contributed by atoms with van der Waals surface area (Å²) in [5.74, 6) is -6.20. The van der Waals surface area contributed by atoms with Gasteiger partial charge in [0, 0.05) is 5.56 Å². The summed E-state index contributed by atoms with van der Waals surface area (Å²) in [5.41, 5.74) is -1.99. The van der Waals surface area contributed by atoms with E-state index in [2.05, 4.69) is 0 Å². The monoisotopic (exact) mass is 406 g/mol. The van der Waals surface area contributed by atoms with Crippen LogP contribution in [-0.2, 0) is 0 Å². The van der Waals surface area contributed by atoms with E-state index in [1.807, 2.05) is 0 Å². The van der Waals surface area contributed by atoms with Crippen molar-refractivity contribution in [2.24, 2.45) is 0 Å². The second-order valence-corrected chi connectivity index (χ2v) is 6.23. The molecule has 3 rings (SSSR count). The number of benzene rings is 3. The minimum absolute atomic E-state index is 0.186. The third-order valence-electron chi connectivity index (χ3n) is 4.51. The Hall–Kier alpha value is -4.46. The zero-order chi connectivity index (χ0) is 22.0. The first-order valence-electron chi connectivity index (χ1n) is 8.53. The van der Waals surface area contributed by atoms with E-state index in [0.29, 0.717) is 5.56 Å². The van der Waals surface area contributed by atoms with Crippen molar-refractivity contribution in [2.75, 3.05) is 0 Å². The summed E-state index contributed by atoms with van der Waals surface area (Å²) < 4.78 is 0. The molecule has 4 N–H and O–H groups in total. The molecule has 0 heterocycles. The number of rotatable bonds is 6. The van der Waals surface area contributed by atoms with Crippen LogP contribution in [0.5, 0.6) is 0 Å². The van der Waals surface area contributed by atoms with Gasteiger partial charge in [-0.1, -0.05) is 48.5 Å². The van der Waals surface area contributed by atoms with Crippen molar-refractivity contribution in [3.63, 3.8) is 0 Å². The highest BCUT2D eigenvalue weighted by Gasteiger charge is 2.29. The molecule has 8 heteroatoms. The fraction of sp³-hybridized carbons (Fsp3) is 0. The van der Waals surface area contributed by atoms with Gasteiger partial charge in [0.25, 0.3) is 0 Å². The average Bonchev–Trinajstić information content (AvgIpc) is 2.72. The van der Waals surface area contributed by atoms with Crippen LogP contribution in [0.25, 0.3) is 22.3 Å². The van der Waals surface area contributed by atoms with Gasteiger partial charge in [0.05, 0.1) is 22.3 Å². The number of aromatic carboxylic acids is 4. The minimum Gasteiger partial charge on any atom is -0.478 e. The fourth-order valence-corrected chi connectivity index (χ4v) is 3.31. The summed E-state index contributed by atoms with van der Waals surface area (Å²) in [6, 6.07) is 14.5. The Balaban J connectivity index is 2.56. The third-order valence-corrected chi connectivity index (χ3v) is 4.51. The van der Waals surface area contributed by atoms with Crippen LogP contribution in [0.15, 0.2) is 60.7 Å². The van der Waals surface area contributed by atoms with E-state index in [1.165, 1.54) is 18.2 Å². The first-order chi connectivity index (χ1) is 14.2. The molecule has 0 fully saturated rings. The summed E-state index contributed by atoms with van der Waals surface area (Å²) in [4.78, 5) is 47.3. The Bertz CT molecular complexity index is 1200. The average molecular weight is 406 g/mol. The molecule has 150 valence electrons. The zero-order valence-electron chi connectivity index (χ0n) is 15.2. The maximum Gasteiger partial charge on any atom is 0.337 e. The van der Waals surface area contributed by atoms with Crippen LogP contribution in [0.4, 0.5) is 0 Å². The van der Waals surface area contributed by atoms with Gasteiger partial charge in [-0.15, -0.1) is 0 Å². The second kappa shape index (κ2) is 7.88. The fourth-order valence-electron chi connectivity index (χ4n) is 3.31. The van der Waals surface area contributed by atoms with E-state index in [-0.39, 0.29) is 16.7 Å². The molecule has 0 aromatic heterocycles.